The maximum atomic E-state index is 9.60. The first-order valence-electron chi connectivity index (χ1n) is 6.55. The van der Waals surface area contributed by atoms with E-state index in [1.54, 1.807) is 0 Å². The molecule has 0 aliphatic carbocycles. The van der Waals surface area contributed by atoms with Crippen LogP contribution in [0.4, 0.5) is 0 Å². The zero-order valence-electron chi connectivity index (χ0n) is 13.0. The van der Waals surface area contributed by atoms with E-state index in [9.17, 15) is 4.79 Å². The molecule has 0 atom stereocenters. The molecule has 0 unspecified atom stereocenters. The highest BCUT2D eigenvalue weighted by Crippen LogP contribution is 1.99. The van der Waals surface area contributed by atoms with Crippen LogP contribution in [0.5, 0.6) is 0 Å². The van der Waals surface area contributed by atoms with Gasteiger partial charge < -0.3 is 26.7 Å². The van der Waals surface area contributed by atoms with Gasteiger partial charge in [0.25, 0.3) is 0 Å². The Morgan fingerprint density at radius 3 is 2.05 bits per heavy atom. The Morgan fingerprint density at radius 1 is 1.26 bits per heavy atom. The van der Waals surface area contributed by atoms with E-state index >= 15 is 0 Å². The van der Waals surface area contributed by atoms with E-state index < -0.39 is 5.97 Å². The minimum absolute atomic E-state index is 0. The van der Waals surface area contributed by atoms with E-state index in [1.165, 1.54) is 26.2 Å². The van der Waals surface area contributed by atoms with Crippen LogP contribution >= 0.6 is 0 Å². The number of hydrogen-bond donors (Lipinski definition) is 1. The highest BCUT2D eigenvalue weighted by atomic mass is 35.5. The lowest BCUT2D eigenvalue weighted by Crippen LogP contribution is -3.00. The average Bonchev–Trinajstić information content (AvgIpc) is 2.29. The second-order valence-electron chi connectivity index (χ2n) is 5.08. The van der Waals surface area contributed by atoms with Gasteiger partial charge in [-0.1, -0.05) is 26.3 Å². The second-order valence-corrected chi connectivity index (χ2v) is 5.08. The molecule has 0 aliphatic heterocycles. The lowest BCUT2D eigenvalue weighted by Gasteiger charge is -2.27. The van der Waals surface area contributed by atoms with E-state index in [-0.39, 0.29) is 18.0 Å². The Labute approximate surface area is 124 Å². The van der Waals surface area contributed by atoms with Crippen molar-refractivity contribution in [1.82, 2.24) is 0 Å². The van der Waals surface area contributed by atoms with E-state index in [0.29, 0.717) is 0 Å². The number of quaternary nitrogens is 1. The molecule has 0 saturated heterocycles. The predicted molar refractivity (Wildman–Crippen MR) is 75.4 cm³/mol. The van der Waals surface area contributed by atoms with Crippen molar-refractivity contribution in [3.8, 4) is 0 Å². The fourth-order valence-electron chi connectivity index (χ4n) is 0.857. The molecule has 19 heavy (non-hydrogen) atoms. The monoisotopic (exact) mass is 295 g/mol. The SMILES string of the molecule is C=C(C)C(=O)O.CCCCCOC[N+](C)(C)CC.[Cl-]. The fraction of sp³-hybridized carbons (Fsp3) is 0.786. The van der Waals surface area contributed by atoms with Crippen molar-refractivity contribution in [3.05, 3.63) is 12.2 Å². The molecule has 0 aromatic carbocycles. The van der Waals surface area contributed by atoms with Crippen LogP contribution in [0.1, 0.15) is 40.0 Å². The normalized spacial score (nSPS) is 9.95. The molecule has 0 aromatic heterocycles. The van der Waals surface area contributed by atoms with Crippen molar-refractivity contribution >= 4 is 5.97 Å². The number of unbranched alkanes of at least 4 members (excludes halogenated alkanes) is 2. The van der Waals surface area contributed by atoms with Gasteiger partial charge in [0.05, 0.1) is 27.2 Å². The van der Waals surface area contributed by atoms with Gasteiger partial charge in [-0.3, -0.25) is 0 Å². The molecule has 0 radical (unpaired) electrons. The van der Waals surface area contributed by atoms with Crippen LogP contribution < -0.4 is 12.4 Å². The molecule has 0 heterocycles. The number of ether oxygens (including phenoxy) is 1. The van der Waals surface area contributed by atoms with Gasteiger partial charge in [-0.25, -0.2) is 4.79 Å². The maximum Gasteiger partial charge on any atom is 0.330 e. The minimum Gasteiger partial charge on any atom is -1.00 e. The number of carboxylic acids is 1. The molecule has 0 bridgehead atoms. The van der Waals surface area contributed by atoms with Crippen LogP contribution in [0.2, 0.25) is 0 Å². The number of carboxylic acid groups (broad SMARTS) is 1. The van der Waals surface area contributed by atoms with E-state index in [1.807, 2.05) is 0 Å². The molecule has 5 heteroatoms. The van der Waals surface area contributed by atoms with Gasteiger partial charge >= 0.3 is 5.97 Å². The van der Waals surface area contributed by atoms with Crippen LogP contribution in [0.25, 0.3) is 0 Å². The lowest BCUT2D eigenvalue weighted by atomic mass is 10.3. The summed E-state index contributed by atoms with van der Waals surface area (Å²) in [5.41, 5.74) is 0.176. The van der Waals surface area contributed by atoms with E-state index in [0.717, 1.165) is 24.4 Å². The van der Waals surface area contributed by atoms with Gasteiger partial charge in [0.1, 0.15) is 0 Å². The number of aliphatic carboxylic acids is 1. The van der Waals surface area contributed by atoms with Crippen molar-refractivity contribution in [3.63, 3.8) is 0 Å². The molecule has 0 aliphatic rings. The number of nitrogens with zero attached hydrogens (tertiary/aromatic N) is 1. The summed E-state index contributed by atoms with van der Waals surface area (Å²) in [5.74, 6) is -0.935. The number of carbonyl (C=O) groups is 1. The van der Waals surface area contributed by atoms with Crippen LogP contribution in [0.15, 0.2) is 12.2 Å². The third-order valence-corrected chi connectivity index (χ3v) is 2.55. The summed E-state index contributed by atoms with van der Waals surface area (Å²) < 4.78 is 6.53. The number of hydrogen-bond acceptors (Lipinski definition) is 2. The standard InChI is InChI=1S/C10H24NO.C4H6O2.ClH/c1-5-7-8-9-12-10-11(3,4)6-2;1-3(2)4(5)6;/h5-10H2,1-4H3;1H2,2H3,(H,5,6);1H/q+1;;/p-1. The summed E-state index contributed by atoms with van der Waals surface area (Å²) in [4.78, 5) is 9.60. The summed E-state index contributed by atoms with van der Waals surface area (Å²) in [5, 5.41) is 7.89. The largest absolute Gasteiger partial charge is 1.00 e. The summed E-state index contributed by atoms with van der Waals surface area (Å²) >= 11 is 0. The molecule has 0 aromatic rings. The first kappa shape index (κ1) is 23.5. The van der Waals surface area contributed by atoms with Crippen molar-refractivity contribution < 1.29 is 31.5 Å². The first-order valence-corrected chi connectivity index (χ1v) is 6.55. The minimum atomic E-state index is -0.935. The average molecular weight is 296 g/mol. The molecule has 1 N–H and O–H groups in total. The van der Waals surface area contributed by atoms with Crippen molar-refractivity contribution in [1.29, 1.82) is 0 Å². The van der Waals surface area contributed by atoms with Gasteiger partial charge in [0.15, 0.2) is 6.73 Å². The summed E-state index contributed by atoms with van der Waals surface area (Å²) in [6.07, 6.45) is 3.77. The molecule has 0 fully saturated rings. The van der Waals surface area contributed by atoms with Gasteiger partial charge in [0.2, 0.25) is 0 Å². The Morgan fingerprint density at radius 2 is 1.74 bits per heavy atom. The molecule has 0 saturated carbocycles. The fourth-order valence-corrected chi connectivity index (χ4v) is 0.857. The highest BCUT2D eigenvalue weighted by Gasteiger charge is 2.10. The highest BCUT2D eigenvalue weighted by molar-refractivity contribution is 5.84. The van der Waals surface area contributed by atoms with Gasteiger partial charge in [-0.05, 0) is 20.3 Å². The van der Waals surface area contributed by atoms with E-state index in [4.69, 9.17) is 9.84 Å². The van der Waals surface area contributed by atoms with Crippen molar-refractivity contribution in [2.24, 2.45) is 0 Å². The van der Waals surface area contributed by atoms with Crippen molar-refractivity contribution in [2.75, 3.05) is 34.0 Å². The third-order valence-electron chi connectivity index (χ3n) is 2.55. The van der Waals surface area contributed by atoms with E-state index in [2.05, 4.69) is 34.5 Å². The first-order chi connectivity index (χ1) is 8.26. The zero-order chi connectivity index (χ0) is 14.6. The Bertz CT molecular complexity index is 231. The Balaban J connectivity index is -0.000000313. The second kappa shape index (κ2) is 13.8. The molecule has 116 valence electrons. The van der Waals surface area contributed by atoms with Gasteiger partial charge in [-0.15, -0.1) is 0 Å². The summed E-state index contributed by atoms with van der Waals surface area (Å²) in [7, 11) is 4.39. The number of halogens is 1. The molecule has 4 nitrogen and oxygen atoms in total. The molecular formula is C14H30ClNO3. The lowest BCUT2D eigenvalue weighted by molar-refractivity contribution is -0.908. The molecule has 0 rings (SSSR count). The van der Waals surface area contributed by atoms with Gasteiger partial charge in [0, 0.05) is 5.57 Å². The van der Waals surface area contributed by atoms with Crippen molar-refractivity contribution in [2.45, 2.75) is 40.0 Å². The molecule has 0 spiro atoms. The smallest absolute Gasteiger partial charge is 0.330 e. The quantitative estimate of drug-likeness (QED) is 0.294. The Kier molecular flexibility index (Phi) is 17.1. The predicted octanol–water partition coefficient (Wildman–Crippen LogP) is -0.102. The topological polar surface area (TPSA) is 46.5 Å². The van der Waals surface area contributed by atoms with Crippen LogP contribution in [-0.2, 0) is 9.53 Å². The Hall–Kier alpha value is -0.580. The van der Waals surface area contributed by atoms with Crippen LogP contribution in [0.3, 0.4) is 0 Å². The van der Waals surface area contributed by atoms with Crippen LogP contribution in [0, 0.1) is 0 Å². The zero-order valence-corrected chi connectivity index (χ0v) is 13.8. The molecular weight excluding hydrogens is 266 g/mol. The summed E-state index contributed by atoms with van der Waals surface area (Å²) in [6.45, 7) is 11.9. The van der Waals surface area contributed by atoms with Gasteiger partial charge in [-0.2, -0.15) is 0 Å². The summed E-state index contributed by atoms with van der Waals surface area (Å²) in [6, 6.07) is 0. The molecule has 0 amide bonds. The third kappa shape index (κ3) is 19.9. The van der Waals surface area contributed by atoms with Crippen LogP contribution in [-0.4, -0.2) is 49.5 Å². The number of rotatable bonds is 8. The maximum absolute atomic E-state index is 9.60.